The Balaban J connectivity index is 1.62. The summed E-state index contributed by atoms with van der Waals surface area (Å²) in [5.74, 6) is -0.277. The number of para-hydroxylation sites is 1. The van der Waals surface area contributed by atoms with E-state index < -0.39 is 0 Å². The molecule has 1 saturated carbocycles. The van der Waals surface area contributed by atoms with Crippen LogP contribution >= 0.6 is 0 Å². The number of nitrogens with zero attached hydrogens (tertiary/aromatic N) is 1. The van der Waals surface area contributed by atoms with E-state index in [0.717, 1.165) is 5.56 Å². The first kappa shape index (κ1) is 20.2. The molecule has 0 bridgehead atoms. The second-order valence-electron chi connectivity index (χ2n) is 7.95. The molecule has 1 aliphatic rings. The Morgan fingerprint density at radius 1 is 0.800 bits per heavy atom. The molecule has 0 N–H and O–H groups in total. The minimum atomic E-state index is -0.332. The zero-order valence-electron chi connectivity index (χ0n) is 17.3. The molecule has 3 aromatic rings. The number of benzene rings is 3. The third kappa shape index (κ3) is 5.10. The van der Waals surface area contributed by atoms with Gasteiger partial charge in [0.15, 0.2) is 0 Å². The van der Waals surface area contributed by atoms with E-state index in [4.69, 9.17) is 4.74 Å². The minimum absolute atomic E-state index is 0.277. The van der Waals surface area contributed by atoms with Crippen LogP contribution in [0.5, 0.6) is 0 Å². The third-order valence-electron chi connectivity index (χ3n) is 5.90. The summed E-state index contributed by atoms with van der Waals surface area (Å²) in [6.45, 7) is 0.650. The van der Waals surface area contributed by atoms with Gasteiger partial charge in [-0.2, -0.15) is 0 Å². The van der Waals surface area contributed by atoms with E-state index in [1.165, 1.54) is 37.8 Å². The van der Waals surface area contributed by atoms with Gasteiger partial charge in [-0.05, 0) is 42.7 Å². The zero-order valence-corrected chi connectivity index (χ0v) is 17.3. The summed E-state index contributed by atoms with van der Waals surface area (Å²) in [5, 5.41) is 0. The highest BCUT2D eigenvalue weighted by molar-refractivity contribution is 5.89. The van der Waals surface area contributed by atoms with Crippen LogP contribution in [-0.4, -0.2) is 18.6 Å². The van der Waals surface area contributed by atoms with Crippen LogP contribution in [0.25, 0.3) is 0 Å². The molecule has 154 valence electrons. The highest BCUT2D eigenvalue weighted by Crippen LogP contribution is 2.31. The molecule has 0 amide bonds. The van der Waals surface area contributed by atoms with E-state index in [1.54, 1.807) is 12.1 Å². The highest BCUT2D eigenvalue weighted by Gasteiger charge is 2.27. The van der Waals surface area contributed by atoms with Crippen molar-refractivity contribution >= 4 is 11.7 Å². The molecule has 0 heterocycles. The second kappa shape index (κ2) is 10.1. The maximum Gasteiger partial charge on any atom is 0.338 e. The largest absolute Gasteiger partial charge is 0.452 e. The van der Waals surface area contributed by atoms with Gasteiger partial charge in [-0.25, -0.2) is 4.79 Å². The van der Waals surface area contributed by atoms with Gasteiger partial charge in [0.1, 0.15) is 6.10 Å². The lowest BCUT2D eigenvalue weighted by atomic mass is 9.93. The van der Waals surface area contributed by atoms with Crippen LogP contribution < -0.4 is 4.90 Å². The molecule has 0 radical (unpaired) electrons. The van der Waals surface area contributed by atoms with E-state index in [9.17, 15) is 4.79 Å². The fourth-order valence-electron chi connectivity index (χ4n) is 4.31. The average Bonchev–Trinajstić information content (AvgIpc) is 2.84. The summed E-state index contributed by atoms with van der Waals surface area (Å²) in [6.07, 6.45) is 5.86. The lowest BCUT2D eigenvalue weighted by Crippen LogP contribution is -2.40. The molecular formula is C27H29NO2. The Kier molecular flexibility index (Phi) is 6.81. The number of anilines is 1. The lowest BCUT2D eigenvalue weighted by molar-refractivity contribution is 0.0306. The van der Waals surface area contributed by atoms with Gasteiger partial charge >= 0.3 is 5.97 Å². The van der Waals surface area contributed by atoms with Gasteiger partial charge in [0, 0.05) is 11.7 Å². The average molecular weight is 400 g/mol. The van der Waals surface area contributed by atoms with Gasteiger partial charge < -0.3 is 9.64 Å². The first-order chi connectivity index (χ1) is 14.8. The van der Waals surface area contributed by atoms with Gasteiger partial charge in [0.25, 0.3) is 0 Å². The van der Waals surface area contributed by atoms with Crippen molar-refractivity contribution in [1.29, 1.82) is 0 Å². The van der Waals surface area contributed by atoms with Gasteiger partial charge in [0.2, 0.25) is 0 Å². The minimum Gasteiger partial charge on any atom is -0.452 e. The smallest absolute Gasteiger partial charge is 0.338 e. The molecule has 0 aromatic heterocycles. The maximum atomic E-state index is 12.9. The summed E-state index contributed by atoms with van der Waals surface area (Å²) in [4.78, 5) is 15.3. The maximum absolute atomic E-state index is 12.9. The van der Waals surface area contributed by atoms with Gasteiger partial charge in [-0.15, -0.1) is 0 Å². The van der Waals surface area contributed by atoms with Crippen molar-refractivity contribution < 1.29 is 9.53 Å². The number of hydrogen-bond acceptors (Lipinski definition) is 3. The Labute approximate surface area is 179 Å². The summed E-state index contributed by atoms with van der Waals surface area (Å²) in [6, 6.07) is 30.4. The molecule has 1 aliphatic carbocycles. The summed E-state index contributed by atoms with van der Waals surface area (Å²) in [7, 11) is 0. The standard InChI is InChI=1S/C27H29NO2/c29-27(23-15-7-2-8-16-23)30-26(22-13-5-1-6-14-22)21-28(24-17-9-3-10-18-24)25-19-11-4-12-20-25/h1-3,5-10,13-18,25-26H,4,11-12,19-21H2/t26-/m1/s1. The van der Waals surface area contributed by atoms with Crippen LogP contribution in [0.15, 0.2) is 91.0 Å². The number of carbonyl (C=O) groups excluding carboxylic acids is 1. The molecule has 0 unspecified atom stereocenters. The number of carbonyl (C=O) groups is 1. The predicted octanol–water partition coefficient (Wildman–Crippen LogP) is 6.42. The molecule has 4 rings (SSSR count). The van der Waals surface area contributed by atoms with Gasteiger partial charge in [-0.1, -0.05) is 86.0 Å². The van der Waals surface area contributed by atoms with Crippen molar-refractivity contribution in [2.45, 2.75) is 44.2 Å². The molecule has 1 fully saturated rings. The van der Waals surface area contributed by atoms with Crippen molar-refractivity contribution in [3.8, 4) is 0 Å². The van der Waals surface area contributed by atoms with Crippen molar-refractivity contribution in [3.63, 3.8) is 0 Å². The molecule has 30 heavy (non-hydrogen) atoms. The molecular weight excluding hydrogens is 370 g/mol. The van der Waals surface area contributed by atoms with Crippen molar-refractivity contribution in [1.82, 2.24) is 0 Å². The van der Waals surface area contributed by atoms with Crippen LogP contribution in [-0.2, 0) is 4.74 Å². The molecule has 0 saturated heterocycles. The number of hydrogen-bond donors (Lipinski definition) is 0. The van der Waals surface area contributed by atoms with E-state index in [0.29, 0.717) is 18.2 Å². The monoisotopic (exact) mass is 399 g/mol. The van der Waals surface area contributed by atoms with E-state index in [-0.39, 0.29) is 12.1 Å². The summed E-state index contributed by atoms with van der Waals surface area (Å²) >= 11 is 0. The Morgan fingerprint density at radius 2 is 1.37 bits per heavy atom. The summed E-state index contributed by atoms with van der Waals surface area (Å²) < 4.78 is 6.08. The van der Waals surface area contributed by atoms with Crippen molar-refractivity contribution in [2.24, 2.45) is 0 Å². The molecule has 1 atom stereocenters. The van der Waals surface area contributed by atoms with E-state index in [1.807, 2.05) is 54.6 Å². The van der Waals surface area contributed by atoms with Gasteiger partial charge in [0.05, 0.1) is 12.1 Å². The Morgan fingerprint density at radius 3 is 2.00 bits per heavy atom. The SMILES string of the molecule is O=C(O[C@H](CN(c1ccccc1)C1CCCCC1)c1ccccc1)c1ccccc1. The topological polar surface area (TPSA) is 29.5 Å². The Bertz CT molecular complexity index is 905. The quantitative estimate of drug-likeness (QED) is 0.429. The fraction of sp³-hybridized carbons (Fsp3) is 0.296. The Hall–Kier alpha value is -3.07. The van der Waals surface area contributed by atoms with Crippen LogP contribution in [0.1, 0.15) is 54.1 Å². The number of ether oxygens (including phenoxy) is 1. The molecule has 3 aromatic carbocycles. The second-order valence-corrected chi connectivity index (χ2v) is 7.95. The molecule has 3 nitrogen and oxygen atoms in total. The lowest BCUT2D eigenvalue weighted by Gasteiger charge is -2.38. The van der Waals surface area contributed by atoms with Crippen LogP contribution in [0.4, 0.5) is 5.69 Å². The van der Waals surface area contributed by atoms with Gasteiger partial charge in [-0.3, -0.25) is 0 Å². The fourth-order valence-corrected chi connectivity index (χ4v) is 4.31. The first-order valence-corrected chi connectivity index (χ1v) is 10.9. The van der Waals surface area contributed by atoms with Crippen LogP contribution in [0.3, 0.4) is 0 Å². The van der Waals surface area contributed by atoms with Crippen LogP contribution in [0.2, 0.25) is 0 Å². The normalized spacial score (nSPS) is 15.3. The molecule has 0 aliphatic heterocycles. The predicted molar refractivity (Wildman–Crippen MR) is 122 cm³/mol. The summed E-state index contributed by atoms with van der Waals surface area (Å²) in [5.41, 5.74) is 2.81. The number of esters is 1. The molecule has 0 spiro atoms. The third-order valence-corrected chi connectivity index (χ3v) is 5.90. The van der Waals surface area contributed by atoms with E-state index in [2.05, 4.69) is 29.2 Å². The van der Waals surface area contributed by atoms with Crippen molar-refractivity contribution in [2.75, 3.05) is 11.4 Å². The zero-order chi connectivity index (χ0) is 20.6. The molecule has 3 heteroatoms. The van der Waals surface area contributed by atoms with Crippen molar-refractivity contribution in [3.05, 3.63) is 102 Å². The van der Waals surface area contributed by atoms with Crippen LogP contribution in [0, 0.1) is 0 Å². The number of rotatable bonds is 7. The highest BCUT2D eigenvalue weighted by atomic mass is 16.5. The van der Waals surface area contributed by atoms with E-state index >= 15 is 0 Å². The first-order valence-electron chi connectivity index (χ1n) is 10.9.